The molecule has 1 aromatic carbocycles. The van der Waals surface area contributed by atoms with Crippen LogP contribution in [0.25, 0.3) is 0 Å². The fraction of sp³-hybridized carbons (Fsp3) is 0.312. The van der Waals surface area contributed by atoms with Crippen molar-refractivity contribution in [2.45, 2.75) is 31.6 Å². The highest BCUT2D eigenvalue weighted by atomic mass is 32.2. The minimum atomic E-state index is -3.59. The molecule has 24 heavy (non-hydrogen) atoms. The number of hydrogen-bond donors (Lipinski definition) is 2. The highest BCUT2D eigenvalue weighted by molar-refractivity contribution is 7.89. The first-order valence-electron chi connectivity index (χ1n) is 7.63. The van der Waals surface area contributed by atoms with Crippen molar-refractivity contribution in [3.05, 3.63) is 47.8 Å². The lowest BCUT2D eigenvalue weighted by atomic mass is 10.2. The maximum Gasteiger partial charge on any atom is 0.276 e. The van der Waals surface area contributed by atoms with Gasteiger partial charge in [-0.25, -0.2) is 13.1 Å². The molecule has 0 saturated carbocycles. The van der Waals surface area contributed by atoms with Crippen molar-refractivity contribution in [2.24, 2.45) is 0 Å². The summed E-state index contributed by atoms with van der Waals surface area (Å²) < 4.78 is 27.0. The number of hydrogen-bond acceptors (Lipinski definition) is 5. The van der Waals surface area contributed by atoms with Crippen molar-refractivity contribution in [1.82, 2.24) is 14.9 Å². The summed E-state index contributed by atoms with van der Waals surface area (Å²) >= 11 is 0. The molecule has 0 atom stereocenters. The van der Waals surface area contributed by atoms with E-state index in [-0.39, 0.29) is 10.6 Å². The van der Waals surface area contributed by atoms with E-state index >= 15 is 0 Å². The standard InChI is InChI=1S/C16H20N4O3S/c1-3-4-8-18-24(22,23)14-7-5-6-13(10-14)19-16(21)15-9-12(2)11-17-20-15/h5-7,9-11,18H,3-4,8H2,1-2H3,(H,19,21). The number of benzene rings is 1. The van der Waals surface area contributed by atoms with Gasteiger partial charge in [0.25, 0.3) is 5.91 Å². The molecule has 0 aliphatic heterocycles. The molecule has 0 unspecified atom stereocenters. The average Bonchev–Trinajstić information content (AvgIpc) is 2.55. The Hall–Kier alpha value is -2.32. The number of rotatable bonds is 7. The summed E-state index contributed by atoms with van der Waals surface area (Å²) in [5.74, 6) is -0.445. The van der Waals surface area contributed by atoms with Crippen LogP contribution in [0.2, 0.25) is 0 Å². The second kappa shape index (κ2) is 7.98. The van der Waals surface area contributed by atoms with Crippen molar-refractivity contribution >= 4 is 21.6 Å². The Morgan fingerprint density at radius 1 is 1.25 bits per heavy atom. The van der Waals surface area contributed by atoms with E-state index in [1.807, 2.05) is 6.92 Å². The van der Waals surface area contributed by atoms with E-state index < -0.39 is 15.9 Å². The van der Waals surface area contributed by atoms with Crippen LogP contribution in [0.15, 0.2) is 41.4 Å². The fourth-order valence-electron chi connectivity index (χ4n) is 1.98. The van der Waals surface area contributed by atoms with Gasteiger partial charge in [-0.2, -0.15) is 5.10 Å². The Morgan fingerprint density at radius 3 is 2.75 bits per heavy atom. The summed E-state index contributed by atoms with van der Waals surface area (Å²) in [5.41, 5.74) is 1.36. The van der Waals surface area contributed by atoms with Crippen LogP contribution in [0, 0.1) is 6.92 Å². The molecule has 2 N–H and O–H groups in total. The van der Waals surface area contributed by atoms with Gasteiger partial charge < -0.3 is 5.32 Å². The highest BCUT2D eigenvalue weighted by Crippen LogP contribution is 2.16. The lowest BCUT2D eigenvalue weighted by Crippen LogP contribution is -2.25. The lowest BCUT2D eigenvalue weighted by molar-refractivity contribution is 0.102. The third-order valence-corrected chi connectivity index (χ3v) is 4.71. The third kappa shape index (κ3) is 4.84. The van der Waals surface area contributed by atoms with Gasteiger partial charge in [0.2, 0.25) is 10.0 Å². The molecule has 128 valence electrons. The van der Waals surface area contributed by atoms with Crippen LogP contribution in [0.1, 0.15) is 35.8 Å². The quantitative estimate of drug-likeness (QED) is 0.746. The predicted molar refractivity (Wildman–Crippen MR) is 91.3 cm³/mol. The zero-order valence-corrected chi connectivity index (χ0v) is 14.4. The first-order chi connectivity index (χ1) is 11.4. The number of anilines is 1. The fourth-order valence-corrected chi connectivity index (χ4v) is 3.10. The van der Waals surface area contributed by atoms with Gasteiger partial charge in [0.15, 0.2) is 5.69 Å². The van der Waals surface area contributed by atoms with Gasteiger partial charge in [-0.05, 0) is 43.2 Å². The Kier molecular flexibility index (Phi) is 5.99. The Balaban J connectivity index is 2.14. The van der Waals surface area contributed by atoms with E-state index in [1.165, 1.54) is 12.1 Å². The number of sulfonamides is 1. The number of unbranched alkanes of at least 4 members (excludes halogenated alkanes) is 1. The van der Waals surface area contributed by atoms with Crippen LogP contribution in [0.5, 0.6) is 0 Å². The largest absolute Gasteiger partial charge is 0.321 e. The number of aromatic nitrogens is 2. The van der Waals surface area contributed by atoms with Gasteiger partial charge in [-0.1, -0.05) is 19.4 Å². The normalized spacial score (nSPS) is 11.2. The van der Waals surface area contributed by atoms with Gasteiger partial charge in [0.1, 0.15) is 0 Å². The molecule has 1 heterocycles. The van der Waals surface area contributed by atoms with E-state index in [0.717, 1.165) is 18.4 Å². The van der Waals surface area contributed by atoms with Crippen molar-refractivity contribution in [1.29, 1.82) is 0 Å². The van der Waals surface area contributed by atoms with Crippen LogP contribution < -0.4 is 10.0 Å². The third-order valence-electron chi connectivity index (χ3n) is 3.25. The van der Waals surface area contributed by atoms with Gasteiger partial charge >= 0.3 is 0 Å². The molecule has 0 spiro atoms. The molecule has 0 bridgehead atoms. The van der Waals surface area contributed by atoms with Crippen LogP contribution in [-0.2, 0) is 10.0 Å². The Bertz CT molecular complexity index is 822. The SMILES string of the molecule is CCCCNS(=O)(=O)c1cccc(NC(=O)c2cc(C)cnn2)c1. The molecule has 0 aliphatic rings. The van der Waals surface area contributed by atoms with Crippen molar-refractivity contribution in [3.63, 3.8) is 0 Å². The smallest absolute Gasteiger partial charge is 0.276 e. The number of amides is 1. The molecular weight excluding hydrogens is 328 g/mol. The number of nitrogens with one attached hydrogen (secondary N) is 2. The van der Waals surface area contributed by atoms with E-state index in [2.05, 4.69) is 20.2 Å². The summed E-state index contributed by atoms with van der Waals surface area (Å²) in [6.07, 6.45) is 3.21. The zero-order chi connectivity index (χ0) is 17.6. The van der Waals surface area contributed by atoms with Crippen molar-refractivity contribution in [3.8, 4) is 0 Å². The highest BCUT2D eigenvalue weighted by Gasteiger charge is 2.15. The molecule has 0 fully saturated rings. The maximum atomic E-state index is 12.2. The Labute approximate surface area is 141 Å². The van der Waals surface area contributed by atoms with Gasteiger partial charge in [-0.3, -0.25) is 4.79 Å². The van der Waals surface area contributed by atoms with E-state index in [9.17, 15) is 13.2 Å². The van der Waals surface area contributed by atoms with Crippen molar-refractivity contribution < 1.29 is 13.2 Å². The number of carbonyl (C=O) groups excluding carboxylic acids is 1. The molecular formula is C16H20N4O3S. The molecule has 2 rings (SSSR count). The average molecular weight is 348 g/mol. The van der Waals surface area contributed by atoms with Crippen LogP contribution in [0.4, 0.5) is 5.69 Å². The summed E-state index contributed by atoms with van der Waals surface area (Å²) in [6, 6.07) is 7.69. The van der Waals surface area contributed by atoms with Crippen molar-refractivity contribution in [2.75, 3.05) is 11.9 Å². The predicted octanol–water partition coefficient (Wildman–Crippen LogP) is 2.12. The Morgan fingerprint density at radius 2 is 2.04 bits per heavy atom. The van der Waals surface area contributed by atoms with Crippen LogP contribution >= 0.6 is 0 Å². The minimum absolute atomic E-state index is 0.103. The molecule has 8 heteroatoms. The van der Waals surface area contributed by atoms with Gasteiger partial charge in [0.05, 0.1) is 11.1 Å². The topological polar surface area (TPSA) is 101 Å². The first-order valence-corrected chi connectivity index (χ1v) is 9.11. The zero-order valence-electron chi connectivity index (χ0n) is 13.6. The summed E-state index contributed by atoms with van der Waals surface area (Å²) in [5, 5.41) is 10.1. The number of nitrogens with zero attached hydrogens (tertiary/aromatic N) is 2. The van der Waals surface area contributed by atoms with Crippen LogP contribution in [-0.4, -0.2) is 31.1 Å². The molecule has 2 aromatic rings. The van der Waals surface area contributed by atoms with E-state index in [4.69, 9.17) is 0 Å². The van der Waals surface area contributed by atoms with Gasteiger partial charge in [0, 0.05) is 12.2 Å². The van der Waals surface area contributed by atoms with Crippen LogP contribution in [0.3, 0.4) is 0 Å². The molecule has 1 amide bonds. The number of aryl methyl sites for hydroxylation is 1. The molecule has 1 aromatic heterocycles. The lowest BCUT2D eigenvalue weighted by Gasteiger charge is -2.09. The minimum Gasteiger partial charge on any atom is -0.321 e. The second-order valence-electron chi connectivity index (χ2n) is 5.35. The summed E-state index contributed by atoms with van der Waals surface area (Å²) in [6.45, 7) is 4.17. The molecule has 0 aliphatic carbocycles. The summed E-state index contributed by atoms with van der Waals surface area (Å²) in [7, 11) is -3.59. The monoisotopic (exact) mass is 348 g/mol. The first kappa shape index (κ1) is 18.0. The van der Waals surface area contributed by atoms with Gasteiger partial charge in [-0.15, -0.1) is 5.10 Å². The molecule has 7 nitrogen and oxygen atoms in total. The summed E-state index contributed by atoms with van der Waals surface area (Å²) in [4.78, 5) is 12.3. The van der Waals surface area contributed by atoms with E-state index in [1.54, 1.807) is 31.3 Å². The number of carbonyl (C=O) groups is 1. The second-order valence-corrected chi connectivity index (χ2v) is 7.12. The maximum absolute atomic E-state index is 12.2. The molecule has 0 radical (unpaired) electrons. The molecule has 0 saturated heterocycles. The van der Waals surface area contributed by atoms with E-state index in [0.29, 0.717) is 12.2 Å².